The Morgan fingerprint density at radius 3 is 2.75 bits per heavy atom. The number of carboxylic acid groups (broad SMARTS) is 1. The van der Waals surface area contributed by atoms with Crippen LogP contribution < -0.4 is 0 Å². The largest absolute Gasteiger partial charge is 0.478 e. The SMILES string of the molecule is O=C(O)c1cn(-c2ccc(Cl)cc2)nc1C1CCOC1. The molecule has 1 aromatic carbocycles. The van der Waals surface area contributed by atoms with Crippen LogP contribution >= 0.6 is 11.6 Å². The zero-order chi connectivity index (χ0) is 14.1. The van der Waals surface area contributed by atoms with Gasteiger partial charge in [-0.1, -0.05) is 11.6 Å². The Labute approximate surface area is 120 Å². The highest BCUT2D eigenvalue weighted by molar-refractivity contribution is 6.30. The maximum Gasteiger partial charge on any atom is 0.339 e. The molecule has 1 atom stereocenters. The summed E-state index contributed by atoms with van der Waals surface area (Å²) < 4.78 is 6.89. The molecule has 1 unspecified atom stereocenters. The number of aromatic nitrogens is 2. The first kappa shape index (κ1) is 13.1. The summed E-state index contributed by atoms with van der Waals surface area (Å²) in [6.07, 6.45) is 2.34. The molecule has 1 N–H and O–H groups in total. The van der Waals surface area contributed by atoms with Crippen molar-refractivity contribution in [2.45, 2.75) is 12.3 Å². The van der Waals surface area contributed by atoms with Gasteiger partial charge in [-0.05, 0) is 30.7 Å². The zero-order valence-corrected chi connectivity index (χ0v) is 11.4. The maximum atomic E-state index is 11.4. The number of hydrogen-bond donors (Lipinski definition) is 1. The molecule has 0 saturated carbocycles. The fourth-order valence-electron chi connectivity index (χ4n) is 2.33. The van der Waals surface area contributed by atoms with Gasteiger partial charge in [-0.25, -0.2) is 9.48 Å². The van der Waals surface area contributed by atoms with Crippen molar-refractivity contribution >= 4 is 17.6 Å². The second-order valence-corrected chi connectivity index (χ2v) is 5.15. The average molecular weight is 293 g/mol. The Bertz CT molecular complexity index is 630. The van der Waals surface area contributed by atoms with Crippen LogP contribution in [0.15, 0.2) is 30.5 Å². The minimum Gasteiger partial charge on any atom is -0.478 e. The third-order valence-electron chi connectivity index (χ3n) is 3.38. The summed E-state index contributed by atoms with van der Waals surface area (Å²) in [6.45, 7) is 1.18. The first-order valence-corrected chi connectivity index (χ1v) is 6.69. The van der Waals surface area contributed by atoms with Gasteiger partial charge in [0.25, 0.3) is 0 Å². The Morgan fingerprint density at radius 2 is 2.15 bits per heavy atom. The van der Waals surface area contributed by atoms with E-state index in [-0.39, 0.29) is 11.5 Å². The Balaban J connectivity index is 2.02. The van der Waals surface area contributed by atoms with Gasteiger partial charge in [-0.2, -0.15) is 5.10 Å². The molecular weight excluding hydrogens is 280 g/mol. The van der Waals surface area contributed by atoms with Gasteiger partial charge in [0.2, 0.25) is 0 Å². The lowest BCUT2D eigenvalue weighted by Gasteiger charge is -2.04. The van der Waals surface area contributed by atoms with E-state index < -0.39 is 5.97 Å². The lowest BCUT2D eigenvalue weighted by Crippen LogP contribution is -2.06. The van der Waals surface area contributed by atoms with Gasteiger partial charge >= 0.3 is 5.97 Å². The second kappa shape index (κ2) is 5.26. The van der Waals surface area contributed by atoms with E-state index in [4.69, 9.17) is 16.3 Å². The number of hydrogen-bond acceptors (Lipinski definition) is 3. The number of benzene rings is 1. The molecule has 1 aromatic heterocycles. The smallest absolute Gasteiger partial charge is 0.339 e. The van der Waals surface area contributed by atoms with Crippen LogP contribution in [-0.2, 0) is 4.74 Å². The number of carboxylic acids is 1. The second-order valence-electron chi connectivity index (χ2n) is 4.71. The van der Waals surface area contributed by atoms with Crippen molar-refractivity contribution in [3.63, 3.8) is 0 Å². The van der Waals surface area contributed by atoms with E-state index in [0.717, 1.165) is 12.1 Å². The number of carbonyl (C=O) groups is 1. The van der Waals surface area contributed by atoms with Crippen LogP contribution in [0.3, 0.4) is 0 Å². The number of aromatic carboxylic acids is 1. The first-order chi connectivity index (χ1) is 9.65. The van der Waals surface area contributed by atoms with Gasteiger partial charge < -0.3 is 9.84 Å². The van der Waals surface area contributed by atoms with Gasteiger partial charge in [-0.3, -0.25) is 0 Å². The molecule has 0 spiro atoms. The number of ether oxygens (including phenoxy) is 1. The lowest BCUT2D eigenvalue weighted by molar-refractivity contribution is 0.0695. The van der Waals surface area contributed by atoms with Crippen molar-refractivity contribution in [2.75, 3.05) is 13.2 Å². The number of nitrogens with zero attached hydrogens (tertiary/aromatic N) is 2. The molecule has 5 nitrogen and oxygen atoms in total. The third-order valence-corrected chi connectivity index (χ3v) is 3.63. The Morgan fingerprint density at radius 1 is 1.40 bits per heavy atom. The highest BCUT2D eigenvalue weighted by Gasteiger charge is 2.27. The fourth-order valence-corrected chi connectivity index (χ4v) is 2.46. The van der Waals surface area contributed by atoms with E-state index in [1.165, 1.54) is 0 Å². The van der Waals surface area contributed by atoms with Crippen molar-refractivity contribution in [3.8, 4) is 5.69 Å². The normalized spacial score (nSPS) is 18.4. The third kappa shape index (κ3) is 2.42. The molecule has 1 fully saturated rings. The standard InChI is InChI=1S/C14H13ClN2O3/c15-10-1-3-11(4-2-10)17-7-12(14(18)19)13(16-17)9-5-6-20-8-9/h1-4,7,9H,5-6,8H2,(H,18,19). The summed E-state index contributed by atoms with van der Waals surface area (Å²) in [5.41, 5.74) is 1.60. The lowest BCUT2D eigenvalue weighted by atomic mass is 10.0. The first-order valence-electron chi connectivity index (χ1n) is 6.31. The monoisotopic (exact) mass is 292 g/mol. The van der Waals surface area contributed by atoms with Crippen molar-refractivity contribution in [2.24, 2.45) is 0 Å². The Hall–Kier alpha value is -1.85. The summed E-state index contributed by atoms with van der Waals surface area (Å²) in [5.74, 6) is -0.915. The van der Waals surface area contributed by atoms with E-state index >= 15 is 0 Å². The minimum atomic E-state index is -0.966. The molecule has 3 rings (SSSR count). The van der Waals surface area contributed by atoms with E-state index in [1.807, 2.05) is 0 Å². The molecule has 2 heterocycles. The van der Waals surface area contributed by atoms with Crippen LogP contribution in [0.1, 0.15) is 28.4 Å². The molecule has 0 radical (unpaired) electrons. The van der Waals surface area contributed by atoms with Crippen LogP contribution in [0.25, 0.3) is 5.69 Å². The zero-order valence-electron chi connectivity index (χ0n) is 10.6. The van der Waals surface area contributed by atoms with Crippen molar-refractivity contribution in [1.82, 2.24) is 9.78 Å². The van der Waals surface area contributed by atoms with Crippen LogP contribution in [0.2, 0.25) is 5.02 Å². The average Bonchev–Trinajstić information content (AvgIpc) is 3.08. The van der Waals surface area contributed by atoms with Crippen molar-refractivity contribution in [3.05, 3.63) is 46.7 Å². The van der Waals surface area contributed by atoms with Crippen LogP contribution in [-0.4, -0.2) is 34.1 Å². The molecule has 20 heavy (non-hydrogen) atoms. The molecule has 0 amide bonds. The van der Waals surface area contributed by atoms with Crippen LogP contribution in [0.4, 0.5) is 0 Å². The summed E-state index contributed by atoms with van der Waals surface area (Å²) in [4.78, 5) is 11.4. The highest BCUT2D eigenvalue weighted by Crippen LogP contribution is 2.27. The molecule has 1 aliphatic rings. The maximum absolute atomic E-state index is 11.4. The van der Waals surface area contributed by atoms with Crippen molar-refractivity contribution < 1.29 is 14.6 Å². The van der Waals surface area contributed by atoms with Gasteiger partial charge in [0.05, 0.1) is 18.0 Å². The highest BCUT2D eigenvalue weighted by atomic mass is 35.5. The molecule has 2 aromatic rings. The number of halogens is 1. The summed E-state index contributed by atoms with van der Waals surface area (Å²) in [7, 11) is 0. The predicted octanol–water partition coefficient (Wildman–Crippen LogP) is 2.73. The molecule has 1 saturated heterocycles. The molecule has 0 bridgehead atoms. The van der Waals surface area contributed by atoms with Crippen molar-refractivity contribution in [1.29, 1.82) is 0 Å². The molecular formula is C14H13ClN2O3. The van der Waals surface area contributed by atoms with Gasteiger partial charge in [-0.15, -0.1) is 0 Å². The van der Waals surface area contributed by atoms with Gasteiger partial charge in [0.1, 0.15) is 5.56 Å². The summed E-state index contributed by atoms with van der Waals surface area (Å²) >= 11 is 5.85. The summed E-state index contributed by atoms with van der Waals surface area (Å²) in [6, 6.07) is 7.10. The van der Waals surface area contributed by atoms with E-state index in [1.54, 1.807) is 35.1 Å². The van der Waals surface area contributed by atoms with Crippen LogP contribution in [0, 0.1) is 0 Å². The van der Waals surface area contributed by atoms with E-state index in [0.29, 0.717) is 23.9 Å². The molecule has 0 aliphatic carbocycles. The molecule has 104 valence electrons. The van der Waals surface area contributed by atoms with Gasteiger partial charge in [0.15, 0.2) is 0 Å². The van der Waals surface area contributed by atoms with E-state index in [9.17, 15) is 9.90 Å². The number of rotatable bonds is 3. The molecule has 1 aliphatic heterocycles. The summed E-state index contributed by atoms with van der Waals surface area (Å²) in [5, 5.41) is 14.4. The topological polar surface area (TPSA) is 64.3 Å². The fraction of sp³-hybridized carbons (Fsp3) is 0.286. The predicted molar refractivity (Wildman–Crippen MR) is 73.7 cm³/mol. The van der Waals surface area contributed by atoms with E-state index in [2.05, 4.69) is 5.10 Å². The van der Waals surface area contributed by atoms with Crippen LogP contribution in [0.5, 0.6) is 0 Å². The van der Waals surface area contributed by atoms with Gasteiger partial charge in [0, 0.05) is 23.7 Å². The minimum absolute atomic E-state index is 0.0506. The quantitative estimate of drug-likeness (QED) is 0.945. The Kier molecular flexibility index (Phi) is 3.46. The molecule has 6 heteroatoms.